The molecule has 0 amide bonds. The molecule has 1 aliphatic carbocycles. The Morgan fingerprint density at radius 3 is 1.69 bits per heavy atom. The number of hydrogen-bond acceptors (Lipinski definition) is 3. The van der Waals surface area contributed by atoms with Gasteiger partial charge in [0.05, 0.1) is 5.41 Å². The summed E-state index contributed by atoms with van der Waals surface area (Å²) in [5.74, 6) is 1.56. The Morgan fingerprint density at radius 2 is 0.945 bits per heavy atom. The van der Waals surface area contributed by atoms with Crippen molar-refractivity contribution in [3.05, 3.63) is 222 Å². The monoisotopic (exact) mass is 703 g/mol. The highest BCUT2D eigenvalue weighted by atomic mass is 16.3. The number of aromatic nitrogens is 3. The van der Waals surface area contributed by atoms with E-state index in [1.54, 1.807) is 0 Å². The van der Waals surface area contributed by atoms with Crippen LogP contribution in [0.5, 0.6) is 0 Å². The van der Waals surface area contributed by atoms with E-state index in [1.807, 2.05) is 18.2 Å². The predicted octanol–water partition coefficient (Wildman–Crippen LogP) is 12.5. The van der Waals surface area contributed by atoms with E-state index in [1.165, 1.54) is 33.4 Å². The van der Waals surface area contributed by atoms with E-state index in [0.29, 0.717) is 0 Å². The second-order valence-electron chi connectivity index (χ2n) is 14.2. The van der Waals surface area contributed by atoms with Crippen molar-refractivity contribution in [2.45, 2.75) is 5.41 Å². The fourth-order valence-electron chi connectivity index (χ4n) is 8.84. The number of hydrogen-bond donors (Lipinski definition) is 0. The maximum Gasteiger partial charge on any atom is 0.168 e. The SMILES string of the molecule is c1ccc(-n2c(-c3ccc(-c4cccc5c4oc4ccccc45)cc3)nnc2-c2ccc3c(c2)C(c2ccccc2)(c2ccccc2)c2ccccc2-3)cc1. The topological polar surface area (TPSA) is 43.9 Å². The fraction of sp³-hybridized carbons (Fsp3) is 0.0196. The predicted molar refractivity (Wildman–Crippen MR) is 222 cm³/mol. The molecule has 0 unspecified atom stereocenters. The lowest BCUT2D eigenvalue weighted by molar-refractivity contribution is 0.670. The lowest BCUT2D eigenvalue weighted by Gasteiger charge is -2.34. The summed E-state index contributed by atoms with van der Waals surface area (Å²) >= 11 is 0. The molecule has 0 fully saturated rings. The van der Waals surface area contributed by atoms with Crippen LogP contribution in [0, 0.1) is 0 Å². The van der Waals surface area contributed by atoms with E-state index < -0.39 is 5.41 Å². The first kappa shape index (κ1) is 31.2. The standard InChI is InChI=1S/C51H33N3O/c1-4-15-37(16-5-1)51(38-17-6-2-7-18-38)45-25-12-10-21-41(45)42-32-31-36(33-46(42)51)50-53-52-49(54(50)39-19-8-3-9-20-39)35-29-27-34(28-30-35)40-23-14-24-44-43-22-11-13-26-47(43)55-48(40)44/h1-33H. The Labute approximate surface area is 318 Å². The van der Waals surface area contributed by atoms with Gasteiger partial charge in [-0.2, -0.15) is 0 Å². The van der Waals surface area contributed by atoms with Crippen LogP contribution < -0.4 is 0 Å². The number of rotatable bonds is 6. The van der Waals surface area contributed by atoms with Crippen LogP contribution in [0.3, 0.4) is 0 Å². The van der Waals surface area contributed by atoms with Gasteiger partial charge in [0.2, 0.25) is 0 Å². The fourth-order valence-corrected chi connectivity index (χ4v) is 8.84. The molecule has 1 aliphatic rings. The van der Waals surface area contributed by atoms with E-state index in [4.69, 9.17) is 14.6 Å². The highest BCUT2D eigenvalue weighted by Crippen LogP contribution is 2.56. The lowest BCUT2D eigenvalue weighted by atomic mass is 9.67. The number of furan rings is 1. The van der Waals surface area contributed by atoms with Crippen LogP contribution in [-0.2, 0) is 5.41 Å². The van der Waals surface area contributed by atoms with Gasteiger partial charge >= 0.3 is 0 Å². The van der Waals surface area contributed by atoms with Crippen LogP contribution in [-0.4, -0.2) is 14.8 Å². The molecule has 0 saturated carbocycles. The van der Waals surface area contributed by atoms with Gasteiger partial charge < -0.3 is 4.42 Å². The van der Waals surface area contributed by atoms with Crippen molar-refractivity contribution < 1.29 is 4.42 Å². The summed E-state index contributed by atoms with van der Waals surface area (Å²) < 4.78 is 8.56. The van der Waals surface area contributed by atoms with E-state index in [-0.39, 0.29) is 0 Å². The van der Waals surface area contributed by atoms with Gasteiger partial charge in [-0.15, -0.1) is 10.2 Å². The Hall–Kier alpha value is -7.30. The highest BCUT2D eigenvalue weighted by molar-refractivity contribution is 6.09. The van der Waals surface area contributed by atoms with Crippen molar-refractivity contribution in [2.24, 2.45) is 0 Å². The zero-order valence-corrected chi connectivity index (χ0v) is 29.8. The molecular weight excluding hydrogens is 671 g/mol. The summed E-state index contributed by atoms with van der Waals surface area (Å²) in [6.07, 6.45) is 0. The molecule has 0 N–H and O–H groups in total. The molecule has 8 aromatic carbocycles. The Bertz CT molecular complexity index is 2980. The van der Waals surface area contributed by atoms with E-state index in [2.05, 4.69) is 187 Å². The van der Waals surface area contributed by atoms with Gasteiger partial charge in [0.15, 0.2) is 11.6 Å². The number of fused-ring (bicyclic) bond motifs is 6. The average molecular weight is 704 g/mol. The summed E-state index contributed by atoms with van der Waals surface area (Å²) in [7, 11) is 0. The van der Waals surface area contributed by atoms with Crippen LogP contribution in [0.2, 0.25) is 0 Å². The molecule has 0 bridgehead atoms. The molecule has 4 heteroatoms. The molecule has 0 radical (unpaired) electrons. The van der Waals surface area contributed by atoms with E-state index in [0.717, 1.165) is 61.5 Å². The summed E-state index contributed by atoms with van der Waals surface area (Å²) in [6, 6.07) is 71.0. The van der Waals surface area contributed by atoms with Crippen LogP contribution in [0.4, 0.5) is 0 Å². The number of para-hydroxylation sites is 3. The van der Waals surface area contributed by atoms with E-state index >= 15 is 0 Å². The largest absolute Gasteiger partial charge is 0.455 e. The normalized spacial score (nSPS) is 12.9. The van der Waals surface area contributed by atoms with Crippen molar-refractivity contribution in [3.63, 3.8) is 0 Å². The van der Waals surface area contributed by atoms with Gasteiger partial charge in [-0.25, -0.2) is 0 Å². The summed E-state index contributed by atoms with van der Waals surface area (Å²) in [4.78, 5) is 0. The minimum absolute atomic E-state index is 0.511. The van der Waals surface area contributed by atoms with Crippen LogP contribution >= 0.6 is 0 Å². The molecule has 4 nitrogen and oxygen atoms in total. The minimum atomic E-state index is -0.511. The third kappa shape index (κ3) is 4.71. The van der Waals surface area contributed by atoms with Gasteiger partial charge in [-0.1, -0.05) is 176 Å². The maximum atomic E-state index is 6.38. The average Bonchev–Trinajstić information content (AvgIpc) is 3.96. The molecule has 2 heterocycles. The van der Waals surface area contributed by atoms with Crippen LogP contribution in [0.15, 0.2) is 205 Å². The molecule has 55 heavy (non-hydrogen) atoms. The van der Waals surface area contributed by atoms with E-state index in [9.17, 15) is 0 Å². The first-order valence-corrected chi connectivity index (χ1v) is 18.7. The van der Waals surface area contributed by atoms with Gasteiger partial charge in [-0.3, -0.25) is 4.57 Å². The van der Waals surface area contributed by atoms with Crippen molar-refractivity contribution >= 4 is 21.9 Å². The molecule has 0 atom stereocenters. The summed E-state index contributed by atoms with van der Waals surface area (Å²) in [5.41, 5.74) is 13.8. The Balaban J connectivity index is 1.08. The molecule has 10 aromatic rings. The van der Waals surface area contributed by atoms with Crippen molar-refractivity contribution in [1.29, 1.82) is 0 Å². The van der Waals surface area contributed by atoms with Gasteiger partial charge in [0, 0.05) is 33.2 Å². The molecule has 0 spiro atoms. The molecule has 258 valence electrons. The van der Waals surface area contributed by atoms with Gasteiger partial charge in [0.25, 0.3) is 0 Å². The number of nitrogens with zero attached hydrogens (tertiary/aromatic N) is 3. The zero-order valence-electron chi connectivity index (χ0n) is 29.8. The first-order valence-electron chi connectivity index (χ1n) is 18.7. The zero-order chi connectivity index (χ0) is 36.3. The third-order valence-electron chi connectivity index (χ3n) is 11.3. The summed E-state index contributed by atoms with van der Waals surface area (Å²) in [6.45, 7) is 0. The maximum absolute atomic E-state index is 6.38. The Morgan fingerprint density at radius 1 is 0.400 bits per heavy atom. The second kappa shape index (κ2) is 12.4. The van der Waals surface area contributed by atoms with Crippen molar-refractivity contribution in [1.82, 2.24) is 14.8 Å². The summed E-state index contributed by atoms with van der Waals surface area (Å²) in [5, 5.41) is 12.1. The Kier molecular flexibility index (Phi) is 7.04. The quantitative estimate of drug-likeness (QED) is 0.173. The minimum Gasteiger partial charge on any atom is -0.455 e. The molecular formula is C51H33N3O. The van der Waals surface area contributed by atoms with Crippen molar-refractivity contribution in [3.8, 4) is 50.7 Å². The van der Waals surface area contributed by atoms with Gasteiger partial charge in [-0.05, 0) is 63.2 Å². The first-order chi connectivity index (χ1) is 27.3. The highest BCUT2D eigenvalue weighted by Gasteiger charge is 2.46. The van der Waals surface area contributed by atoms with Crippen LogP contribution in [0.25, 0.3) is 72.7 Å². The molecule has 11 rings (SSSR count). The lowest BCUT2D eigenvalue weighted by Crippen LogP contribution is -2.28. The molecule has 0 aliphatic heterocycles. The second-order valence-corrected chi connectivity index (χ2v) is 14.2. The number of benzene rings is 8. The third-order valence-corrected chi connectivity index (χ3v) is 11.3. The molecule has 2 aromatic heterocycles. The van der Waals surface area contributed by atoms with Crippen LogP contribution in [0.1, 0.15) is 22.3 Å². The van der Waals surface area contributed by atoms with Crippen molar-refractivity contribution in [2.75, 3.05) is 0 Å². The van der Waals surface area contributed by atoms with Gasteiger partial charge in [0.1, 0.15) is 11.2 Å². The molecule has 0 saturated heterocycles. The smallest absolute Gasteiger partial charge is 0.168 e.